The van der Waals surface area contributed by atoms with Crippen molar-refractivity contribution in [1.82, 2.24) is 10.2 Å². The van der Waals surface area contributed by atoms with Crippen molar-refractivity contribution in [3.8, 4) is 0 Å². The van der Waals surface area contributed by atoms with Crippen LogP contribution in [0.2, 0.25) is 0 Å². The number of nitrogens with zero attached hydrogens (tertiary/aromatic N) is 2. The first kappa shape index (κ1) is 28.7. The monoisotopic (exact) mass is 547 g/mol. The summed E-state index contributed by atoms with van der Waals surface area (Å²) >= 11 is 0. The second-order valence-electron chi connectivity index (χ2n) is 8.49. The number of hydrogen-bond acceptors (Lipinski definition) is 4. The Hall–Kier alpha value is -3.86. The highest BCUT2D eigenvalue weighted by Crippen LogP contribution is 2.33. The van der Waals surface area contributed by atoms with E-state index < -0.39 is 46.2 Å². The highest BCUT2D eigenvalue weighted by Gasteiger charge is 2.35. The van der Waals surface area contributed by atoms with Gasteiger partial charge in [0.1, 0.15) is 12.6 Å². The van der Waals surface area contributed by atoms with Gasteiger partial charge in [-0.1, -0.05) is 54.6 Å². The van der Waals surface area contributed by atoms with Gasteiger partial charge in [-0.15, -0.1) is 0 Å². The highest BCUT2D eigenvalue weighted by molar-refractivity contribution is 7.92. The first-order valence-electron chi connectivity index (χ1n) is 11.7. The van der Waals surface area contributed by atoms with Gasteiger partial charge >= 0.3 is 6.18 Å². The third-order valence-corrected chi connectivity index (χ3v) is 7.76. The average Bonchev–Trinajstić information content (AvgIpc) is 2.91. The molecule has 0 aliphatic rings. The maximum Gasteiger partial charge on any atom is 0.416 e. The summed E-state index contributed by atoms with van der Waals surface area (Å²) in [4.78, 5) is 27.1. The average molecular weight is 548 g/mol. The smallest absolute Gasteiger partial charge is 0.357 e. The number of likely N-dealkylation sites (N-methyl/N-ethyl adjacent to an activating group) is 1. The number of hydrogen-bond donors (Lipinski definition) is 1. The summed E-state index contributed by atoms with van der Waals surface area (Å²) in [5, 5.41) is 2.47. The lowest BCUT2D eigenvalue weighted by molar-refractivity contribution is -0.138. The standard InChI is InChI=1S/C27H28F3N3O4S/c1-20(26(35)31-2)32(17-16-21-10-5-3-6-11-21)25(34)19-33(38(36,37)24-14-7-4-8-15-24)23-13-9-12-22(18-23)27(28,29)30/h3-15,18,20H,16-17,19H2,1-2H3,(H,31,35)/t20-/m1/s1. The lowest BCUT2D eigenvalue weighted by atomic mass is 10.1. The van der Waals surface area contributed by atoms with E-state index in [4.69, 9.17) is 0 Å². The Balaban J connectivity index is 2.02. The van der Waals surface area contributed by atoms with Gasteiger partial charge < -0.3 is 10.2 Å². The predicted molar refractivity (Wildman–Crippen MR) is 138 cm³/mol. The Morgan fingerprint density at radius 3 is 2.11 bits per heavy atom. The quantitative estimate of drug-likeness (QED) is 0.414. The second kappa shape index (κ2) is 12.1. The van der Waals surface area contributed by atoms with Gasteiger partial charge in [-0.3, -0.25) is 13.9 Å². The molecule has 0 radical (unpaired) electrons. The minimum Gasteiger partial charge on any atom is -0.357 e. The zero-order valence-corrected chi connectivity index (χ0v) is 21.7. The van der Waals surface area contributed by atoms with Gasteiger partial charge in [0, 0.05) is 13.6 Å². The van der Waals surface area contributed by atoms with Crippen molar-refractivity contribution in [2.24, 2.45) is 0 Å². The first-order valence-corrected chi connectivity index (χ1v) is 13.2. The van der Waals surface area contributed by atoms with E-state index >= 15 is 0 Å². The number of benzene rings is 3. The molecule has 0 saturated heterocycles. The molecule has 0 unspecified atom stereocenters. The second-order valence-corrected chi connectivity index (χ2v) is 10.3. The third-order valence-electron chi connectivity index (χ3n) is 5.97. The Kier molecular flexibility index (Phi) is 9.16. The van der Waals surface area contributed by atoms with E-state index in [9.17, 15) is 31.2 Å². The van der Waals surface area contributed by atoms with Gasteiger partial charge in [-0.2, -0.15) is 13.2 Å². The van der Waals surface area contributed by atoms with Crippen LogP contribution in [0.3, 0.4) is 0 Å². The number of alkyl halides is 3. The zero-order valence-electron chi connectivity index (χ0n) is 20.9. The van der Waals surface area contributed by atoms with Gasteiger partial charge in [0.25, 0.3) is 10.0 Å². The molecule has 1 atom stereocenters. The molecule has 0 saturated carbocycles. The summed E-state index contributed by atoms with van der Waals surface area (Å²) in [6.07, 6.45) is -4.35. The molecule has 11 heteroatoms. The largest absolute Gasteiger partial charge is 0.416 e. The van der Waals surface area contributed by atoms with Crippen LogP contribution in [0.25, 0.3) is 0 Å². The van der Waals surface area contributed by atoms with E-state index in [0.29, 0.717) is 16.8 Å². The molecule has 1 N–H and O–H groups in total. The zero-order chi connectivity index (χ0) is 27.9. The van der Waals surface area contributed by atoms with Crippen LogP contribution in [0.5, 0.6) is 0 Å². The number of sulfonamides is 1. The Bertz CT molecular complexity index is 1350. The van der Waals surface area contributed by atoms with Gasteiger partial charge in [0.2, 0.25) is 11.8 Å². The van der Waals surface area contributed by atoms with Crippen molar-refractivity contribution in [3.05, 3.63) is 96.1 Å². The minimum atomic E-state index is -4.72. The van der Waals surface area contributed by atoms with Crippen LogP contribution < -0.4 is 9.62 Å². The maximum atomic E-state index is 13.6. The van der Waals surface area contributed by atoms with Gasteiger partial charge in [0.15, 0.2) is 0 Å². The van der Waals surface area contributed by atoms with E-state index in [1.807, 2.05) is 30.3 Å². The van der Waals surface area contributed by atoms with Crippen LogP contribution in [0.4, 0.5) is 18.9 Å². The number of nitrogens with one attached hydrogen (secondary N) is 1. The molecule has 0 bridgehead atoms. The molecule has 0 fully saturated rings. The van der Waals surface area contributed by atoms with E-state index in [2.05, 4.69) is 5.32 Å². The van der Waals surface area contributed by atoms with Crippen LogP contribution >= 0.6 is 0 Å². The molecule has 38 heavy (non-hydrogen) atoms. The summed E-state index contributed by atoms with van der Waals surface area (Å²) in [7, 11) is -3.04. The molecule has 0 heterocycles. The summed E-state index contributed by atoms with van der Waals surface area (Å²) in [6, 6.07) is 19.1. The van der Waals surface area contributed by atoms with Gasteiger partial charge in [-0.25, -0.2) is 8.42 Å². The molecule has 2 amide bonds. The molecule has 7 nitrogen and oxygen atoms in total. The maximum absolute atomic E-state index is 13.6. The van der Waals surface area contributed by atoms with Gasteiger partial charge in [0.05, 0.1) is 16.1 Å². The summed E-state index contributed by atoms with van der Waals surface area (Å²) in [5.74, 6) is -1.21. The van der Waals surface area contributed by atoms with Crippen LogP contribution in [0.1, 0.15) is 18.1 Å². The molecule has 202 valence electrons. The third kappa shape index (κ3) is 6.91. The van der Waals surface area contributed by atoms with Crippen molar-refractivity contribution in [3.63, 3.8) is 0 Å². The van der Waals surface area contributed by atoms with E-state index in [-0.39, 0.29) is 17.1 Å². The summed E-state index contributed by atoms with van der Waals surface area (Å²) in [6.45, 7) is 0.774. The number of carbonyl (C=O) groups is 2. The van der Waals surface area contributed by atoms with Crippen LogP contribution in [0.15, 0.2) is 89.8 Å². The van der Waals surface area contributed by atoms with Crippen molar-refractivity contribution in [2.75, 3.05) is 24.4 Å². The summed E-state index contributed by atoms with van der Waals surface area (Å²) < 4.78 is 68.2. The highest BCUT2D eigenvalue weighted by atomic mass is 32.2. The first-order chi connectivity index (χ1) is 17.9. The lowest BCUT2D eigenvalue weighted by Crippen LogP contribution is -2.51. The molecule has 0 aliphatic heterocycles. The number of anilines is 1. The summed E-state index contributed by atoms with van der Waals surface area (Å²) in [5.41, 5.74) is -0.496. The minimum absolute atomic E-state index is 0.0826. The topological polar surface area (TPSA) is 86.8 Å². The molecule has 0 spiro atoms. The molecule has 0 aliphatic carbocycles. The van der Waals surface area contributed by atoms with E-state index in [1.165, 1.54) is 49.2 Å². The number of halogens is 3. The van der Waals surface area contributed by atoms with E-state index in [1.54, 1.807) is 6.07 Å². The predicted octanol–water partition coefficient (Wildman–Crippen LogP) is 4.11. The van der Waals surface area contributed by atoms with Crippen LogP contribution in [0, 0.1) is 0 Å². The molecule has 3 rings (SSSR count). The SMILES string of the molecule is CNC(=O)[C@@H](C)N(CCc1ccccc1)C(=O)CN(c1cccc(C(F)(F)F)c1)S(=O)(=O)c1ccccc1. The Morgan fingerprint density at radius 1 is 0.921 bits per heavy atom. The van der Waals surface area contributed by atoms with Crippen LogP contribution in [-0.4, -0.2) is 51.3 Å². The molecule has 0 aromatic heterocycles. The van der Waals surface area contributed by atoms with Gasteiger partial charge in [-0.05, 0) is 49.2 Å². The lowest BCUT2D eigenvalue weighted by Gasteiger charge is -2.32. The molecular formula is C27H28F3N3O4S. The van der Waals surface area contributed by atoms with Crippen molar-refractivity contribution in [2.45, 2.75) is 30.5 Å². The number of rotatable bonds is 10. The fraction of sp³-hybridized carbons (Fsp3) is 0.259. The van der Waals surface area contributed by atoms with E-state index in [0.717, 1.165) is 17.7 Å². The Labute approximate surface area is 219 Å². The van der Waals surface area contributed by atoms with Crippen LogP contribution in [-0.2, 0) is 32.2 Å². The normalized spacial score (nSPS) is 12.4. The molecule has 3 aromatic rings. The Morgan fingerprint density at radius 2 is 1.53 bits per heavy atom. The molecular weight excluding hydrogens is 519 g/mol. The fourth-order valence-electron chi connectivity index (χ4n) is 3.86. The van der Waals surface area contributed by atoms with Crippen molar-refractivity contribution in [1.29, 1.82) is 0 Å². The fourth-order valence-corrected chi connectivity index (χ4v) is 5.29. The number of amides is 2. The molecule has 3 aromatic carbocycles. The number of carbonyl (C=O) groups excluding carboxylic acids is 2. The van der Waals surface area contributed by atoms with Crippen molar-refractivity contribution >= 4 is 27.5 Å². The van der Waals surface area contributed by atoms with Crippen molar-refractivity contribution < 1.29 is 31.2 Å².